The fourth-order valence-corrected chi connectivity index (χ4v) is 3.64. The lowest BCUT2D eigenvalue weighted by Gasteiger charge is -2.41. The average molecular weight is 277 g/mol. The fraction of sp³-hybridized carbons (Fsp3) is 0.824. The van der Waals surface area contributed by atoms with E-state index in [-0.39, 0.29) is 0 Å². The van der Waals surface area contributed by atoms with E-state index in [1.807, 2.05) is 6.20 Å². The van der Waals surface area contributed by atoms with E-state index in [2.05, 4.69) is 55.8 Å². The Morgan fingerprint density at radius 3 is 2.65 bits per heavy atom. The first kappa shape index (κ1) is 15.6. The second kappa shape index (κ2) is 6.30. The molecule has 3 unspecified atom stereocenters. The van der Waals surface area contributed by atoms with Gasteiger partial charge in [-0.1, -0.05) is 27.7 Å². The quantitative estimate of drug-likeness (QED) is 0.911. The third-order valence-corrected chi connectivity index (χ3v) is 5.06. The Kier molecular flexibility index (Phi) is 4.90. The molecule has 20 heavy (non-hydrogen) atoms. The van der Waals surface area contributed by atoms with Crippen molar-refractivity contribution in [1.82, 2.24) is 14.9 Å². The van der Waals surface area contributed by atoms with Crippen molar-refractivity contribution >= 4 is 0 Å². The lowest BCUT2D eigenvalue weighted by Crippen LogP contribution is -2.36. The number of imidazole rings is 1. The van der Waals surface area contributed by atoms with Gasteiger partial charge in [0.25, 0.3) is 0 Å². The second-order valence-electron chi connectivity index (χ2n) is 7.45. The predicted molar refractivity (Wildman–Crippen MR) is 84.8 cm³/mol. The van der Waals surface area contributed by atoms with Gasteiger partial charge in [-0.15, -0.1) is 0 Å². The summed E-state index contributed by atoms with van der Waals surface area (Å²) in [5.74, 6) is 3.42. The molecular formula is C17H31N3. The van der Waals surface area contributed by atoms with E-state index >= 15 is 0 Å². The third kappa shape index (κ3) is 3.43. The molecule has 1 heterocycles. The van der Waals surface area contributed by atoms with E-state index in [9.17, 15) is 0 Å². The van der Waals surface area contributed by atoms with E-state index in [4.69, 9.17) is 0 Å². The summed E-state index contributed by atoms with van der Waals surface area (Å²) in [5, 5.41) is 3.55. The normalized spacial score (nSPS) is 27.8. The Bertz CT molecular complexity index is 416. The minimum Gasteiger partial charge on any atom is -0.338 e. The minimum atomic E-state index is 0.409. The largest absolute Gasteiger partial charge is 0.338 e. The van der Waals surface area contributed by atoms with Crippen LogP contribution in [0.4, 0.5) is 0 Å². The highest BCUT2D eigenvalue weighted by Gasteiger charge is 2.37. The van der Waals surface area contributed by atoms with Gasteiger partial charge in [-0.3, -0.25) is 0 Å². The van der Waals surface area contributed by atoms with Gasteiger partial charge >= 0.3 is 0 Å². The van der Waals surface area contributed by atoms with E-state index in [0.29, 0.717) is 11.3 Å². The summed E-state index contributed by atoms with van der Waals surface area (Å²) in [4.78, 5) is 4.65. The van der Waals surface area contributed by atoms with Gasteiger partial charge in [0.1, 0.15) is 5.82 Å². The first-order valence-electron chi connectivity index (χ1n) is 8.11. The van der Waals surface area contributed by atoms with Gasteiger partial charge in [-0.2, -0.15) is 0 Å². The summed E-state index contributed by atoms with van der Waals surface area (Å²) in [6.45, 7) is 11.5. The molecule has 0 radical (unpaired) electrons. The van der Waals surface area contributed by atoms with Crippen LogP contribution in [0.25, 0.3) is 0 Å². The third-order valence-electron chi connectivity index (χ3n) is 5.06. The summed E-state index contributed by atoms with van der Waals surface area (Å²) in [7, 11) is 2.13. The lowest BCUT2D eigenvalue weighted by molar-refractivity contribution is 0.125. The smallest absolute Gasteiger partial charge is 0.111 e. The number of nitrogens with one attached hydrogen (secondary N) is 1. The average Bonchev–Trinajstić information content (AvgIpc) is 2.81. The van der Waals surface area contributed by atoms with Crippen LogP contribution >= 0.6 is 0 Å². The SMILES string of the molecule is CCNCC1CCC(C(C)(C)C)CC1c1nccn1C. The van der Waals surface area contributed by atoms with Crippen molar-refractivity contribution in [1.29, 1.82) is 0 Å². The second-order valence-corrected chi connectivity index (χ2v) is 7.45. The number of aryl methyl sites for hydroxylation is 1. The van der Waals surface area contributed by atoms with Gasteiger partial charge in [0.2, 0.25) is 0 Å². The molecule has 1 aromatic rings. The fourth-order valence-electron chi connectivity index (χ4n) is 3.64. The molecule has 3 heteroatoms. The zero-order valence-corrected chi connectivity index (χ0v) is 13.8. The number of hydrogen-bond donors (Lipinski definition) is 1. The zero-order chi connectivity index (χ0) is 14.8. The number of hydrogen-bond acceptors (Lipinski definition) is 2. The summed E-state index contributed by atoms with van der Waals surface area (Å²) < 4.78 is 2.22. The van der Waals surface area contributed by atoms with Crippen LogP contribution in [0.3, 0.4) is 0 Å². The Balaban J connectivity index is 2.17. The maximum Gasteiger partial charge on any atom is 0.111 e. The maximum absolute atomic E-state index is 4.65. The summed E-state index contributed by atoms with van der Waals surface area (Å²) in [5.41, 5.74) is 0.409. The van der Waals surface area contributed by atoms with Crippen molar-refractivity contribution in [2.45, 2.75) is 52.9 Å². The van der Waals surface area contributed by atoms with E-state index in [1.165, 1.54) is 25.1 Å². The Morgan fingerprint density at radius 2 is 2.10 bits per heavy atom. The van der Waals surface area contributed by atoms with Crippen molar-refractivity contribution in [3.8, 4) is 0 Å². The lowest BCUT2D eigenvalue weighted by atomic mass is 9.65. The molecule has 0 bridgehead atoms. The van der Waals surface area contributed by atoms with E-state index < -0.39 is 0 Å². The molecule has 0 saturated heterocycles. The number of aromatic nitrogens is 2. The van der Waals surface area contributed by atoms with Crippen LogP contribution in [0.15, 0.2) is 12.4 Å². The maximum atomic E-state index is 4.65. The number of rotatable bonds is 4. The van der Waals surface area contributed by atoms with Gasteiger partial charge in [-0.05, 0) is 49.6 Å². The molecule has 3 atom stereocenters. The van der Waals surface area contributed by atoms with Crippen molar-refractivity contribution in [2.75, 3.05) is 13.1 Å². The number of nitrogens with zero attached hydrogens (tertiary/aromatic N) is 2. The highest BCUT2D eigenvalue weighted by atomic mass is 15.0. The predicted octanol–water partition coefficient (Wildman–Crippen LogP) is 3.58. The van der Waals surface area contributed by atoms with Crippen molar-refractivity contribution < 1.29 is 0 Å². The van der Waals surface area contributed by atoms with Crippen LogP contribution in [-0.4, -0.2) is 22.6 Å². The Labute approximate surface area is 124 Å². The molecule has 0 amide bonds. The van der Waals surface area contributed by atoms with Gasteiger partial charge in [0.05, 0.1) is 0 Å². The van der Waals surface area contributed by atoms with Crippen molar-refractivity contribution in [2.24, 2.45) is 24.3 Å². The standard InChI is InChI=1S/C17H31N3/c1-6-18-12-13-7-8-14(17(2,3)4)11-15(13)16-19-9-10-20(16)5/h9-10,13-15,18H,6-8,11-12H2,1-5H3. The molecule has 1 aliphatic carbocycles. The molecule has 0 spiro atoms. The van der Waals surface area contributed by atoms with Crippen molar-refractivity contribution in [3.05, 3.63) is 18.2 Å². The van der Waals surface area contributed by atoms with Crippen LogP contribution in [0.5, 0.6) is 0 Å². The van der Waals surface area contributed by atoms with E-state index in [1.54, 1.807) is 0 Å². The van der Waals surface area contributed by atoms with Crippen LogP contribution in [0.1, 0.15) is 58.7 Å². The Morgan fingerprint density at radius 1 is 1.35 bits per heavy atom. The molecule has 1 N–H and O–H groups in total. The van der Waals surface area contributed by atoms with Crippen LogP contribution in [-0.2, 0) is 7.05 Å². The zero-order valence-electron chi connectivity index (χ0n) is 13.8. The molecule has 1 aromatic heterocycles. The van der Waals surface area contributed by atoms with Gasteiger partial charge in [0.15, 0.2) is 0 Å². The molecule has 114 valence electrons. The van der Waals surface area contributed by atoms with Crippen LogP contribution in [0, 0.1) is 17.3 Å². The van der Waals surface area contributed by atoms with E-state index in [0.717, 1.165) is 24.9 Å². The molecule has 3 nitrogen and oxygen atoms in total. The molecule has 0 aromatic carbocycles. The minimum absolute atomic E-state index is 0.409. The summed E-state index contributed by atoms with van der Waals surface area (Å²) >= 11 is 0. The highest BCUT2D eigenvalue weighted by molar-refractivity contribution is 5.06. The molecule has 1 saturated carbocycles. The highest BCUT2D eigenvalue weighted by Crippen LogP contribution is 2.46. The molecule has 1 fully saturated rings. The van der Waals surface area contributed by atoms with Gasteiger partial charge < -0.3 is 9.88 Å². The van der Waals surface area contributed by atoms with Crippen LogP contribution < -0.4 is 5.32 Å². The summed E-state index contributed by atoms with van der Waals surface area (Å²) in [6, 6.07) is 0. The topological polar surface area (TPSA) is 29.9 Å². The van der Waals surface area contributed by atoms with Gasteiger partial charge in [-0.25, -0.2) is 4.98 Å². The van der Waals surface area contributed by atoms with Gasteiger partial charge in [0, 0.05) is 25.4 Å². The molecular weight excluding hydrogens is 246 g/mol. The molecule has 1 aliphatic rings. The summed E-state index contributed by atoms with van der Waals surface area (Å²) in [6.07, 6.45) is 8.00. The Hall–Kier alpha value is -0.830. The monoisotopic (exact) mass is 277 g/mol. The molecule has 2 rings (SSSR count). The first-order valence-corrected chi connectivity index (χ1v) is 8.11. The van der Waals surface area contributed by atoms with Crippen molar-refractivity contribution in [3.63, 3.8) is 0 Å². The van der Waals surface area contributed by atoms with Crippen LogP contribution in [0.2, 0.25) is 0 Å². The molecule has 0 aliphatic heterocycles. The first-order chi connectivity index (χ1) is 9.43.